The molecule has 1 aromatic rings. The van der Waals surface area contributed by atoms with E-state index < -0.39 is 0 Å². The number of hydrogen-bond acceptors (Lipinski definition) is 6. The van der Waals surface area contributed by atoms with E-state index in [0.717, 1.165) is 57.5 Å². The number of nitrogens with zero attached hydrogens (tertiary/aromatic N) is 3. The van der Waals surface area contributed by atoms with Crippen LogP contribution < -0.4 is 4.90 Å². The van der Waals surface area contributed by atoms with Crippen LogP contribution in [0.15, 0.2) is 6.20 Å². The fourth-order valence-corrected chi connectivity index (χ4v) is 4.31. The highest BCUT2D eigenvalue weighted by atomic mass is 32.1. The average molecular weight is 325 g/mol. The lowest BCUT2D eigenvalue weighted by Crippen LogP contribution is -2.47. The number of hydrogen-bond donors (Lipinski definition) is 0. The smallest absolute Gasteiger partial charge is 0.185 e. The molecule has 0 bridgehead atoms. The highest BCUT2D eigenvalue weighted by Crippen LogP contribution is 2.25. The number of anilines is 1. The van der Waals surface area contributed by atoms with E-state index in [4.69, 9.17) is 9.47 Å². The van der Waals surface area contributed by atoms with Crippen molar-refractivity contribution in [1.82, 2.24) is 9.88 Å². The molecule has 0 aliphatic carbocycles. The van der Waals surface area contributed by atoms with E-state index in [1.165, 1.54) is 11.3 Å². The van der Waals surface area contributed by atoms with Crippen LogP contribution in [-0.2, 0) is 16.0 Å². The molecule has 2 atom stereocenters. The molecule has 2 fully saturated rings. The fraction of sp³-hybridized carbons (Fsp3) is 0.812. The van der Waals surface area contributed by atoms with E-state index in [9.17, 15) is 0 Å². The molecule has 1 aromatic heterocycles. The van der Waals surface area contributed by atoms with Gasteiger partial charge in [0.25, 0.3) is 0 Å². The van der Waals surface area contributed by atoms with Crippen molar-refractivity contribution < 1.29 is 9.47 Å². The number of thiazole rings is 1. The normalized spacial score (nSPS) is 26.5. The lowest BCUT2D eigenvalue weighted by Gasteiger charge is -2.35. The molecule has 124 valence electrons. The molecule has 0 amide bonds. The molecule has 6 heteroatoms. The van der Waals surface area contributed by atoms with Crippen LogP contribution in [0.4, 0.5) is 5.13 Å². The second kappa shape index (κ2) is 7.73. The Morgan fingerprint density at radius 1 is 1.27 bits per heavy atom. The van der Waals surface area contributed by atoms with Gasteiger partial charge in [-0.1, -0.05) is 0 Å². The van der Waals surface area contributed by atoms with Gasteiger partial charge < -0.3 is 14.4 Å². The van der Waals surface area contributed by atoms with Crippen LogP contribution in [0.25, 0.3) is 0 Å². The number of aromatic nitrogens is 1. The van der Waals surface area contributed by atoms with Gasteiger partial charge in [0.2, 0.25) is 0 Å². The van der Waals surface area contributed by atoms with E-state index in [-0.39, 0.29) is 6.10 Å². The van der Waals surface area contributed by atoms with Crippen LogP contribution in [0.5, 0.6) is 0 Å². The van der Waals surface area contributed by atoms with Gasteiger partial charge in [0, 0.05) is 50.4 Å². The van der Waals surface area contributed by atoms with Gasteiger partial charge in [0.15, 0.2) is 5.13 Å². The predicted octanol–water partition coefficient (Wildman–Crippen LogP) is 2.37. The lowest BCUT2D eigenvalue weighted by atomic mass is 10.1. The minimum atomic E-state index is 0.242. The molecule has 2 saturated heterocycles. The molecule has 0 aromatic carbocycles. The van der Waals surface area contributed by atoms with Crippen molar-refractivity contribution in [2.24, 2.45) is 0 Å². The van der Waals surface area contributed by atoms with Crippen LogP contribution in [-0.4, -0.2) is 61.5 Å². The zero-order valence-corrected chi connectivity index (χ0v) is 14.5. The molecule has 0 N–H and O–H groups in total. The Morgan fingerprint density at radius 2 is 2.09 bits per heavy atom. The summed E-state index contributed by atoms with van der Waals surface area (Å²) in [4.78, 5) is 10.7. The largest absolute Gasteiger partial charge is 0.375 e. The van der Waals surface area contributed by atoms with Gasteiger partial charge in [-0.05, 0) is 26.7 Å². The van der Waals surface area contributed by atoms with Gasteiger partial charge in [0.05, 0.1) is 18.8 Å². The van der Waals surface area contributed by atoms with Crippen molar-refractivity contribution in [3.05, 3.63) is 11.1 Å². The van der Waals surface area contributed by atoms with E-state index in [2.05, 4.69) is 28.6 Å². The van der Waals surface area contributed by atoms with Gasteiger partial charge in [-0.3, -0.25) is 4.90 Å². The molecular formula is C16H27N3O2S. The molecule has 3 rings (SSSR count). The Morgan fingerprint density at radius 3 is 2.82 bits per heavy atom. The van der Waals surface area contributed by atoms with Crippen LogP contribution in [0, 0.1) is 0 Å². The molecule has 2 unspecified atom stereocenters. The van der Waals surface area contributed by atoms with Crippen LogP contribution >= 0.6 is 11.3 Å². The first-order valence-corrected chi connectivity index (χ1v) is 9.27. The third-order valence-electron chi connectivity index (χ3n) is 4.51. The third kappa shape index (κ3) is 3.79. The highest BCUT2D eigenvalue weighted by Gasteiger charge is 2.31. The van der Waals surface area contributed by atoms with Crippen LogP contribution in [0.1, 0.15) is 31.6 Å². The molecule has 2 aliphatic rings. The summed E-state index contributed by atoms with van der Waals surface area (Å²) in [5, 5.41) is 1.14. The summed E-state index contributed by atoms with van der Waals surface area (Å²) in [7, 11) is 0. The van der Waals surface area contributed by atoms with Crippen LogP contribution in [0.2, 0.25) is 0 Å². The zero-order chi connectivity index (χ0) is 15.4. The summed E-state index contributed by atoms with van der Waals surface area (Å²) in [6.07, 6.45) is 4.90. The van der Waals surface area contributed by atoms with Crippen molar-refractivity contribution in [1.29, 1.82) is 0 Å². The molecule has 3 heterocycles. The van der Waals surface area contributed by atoms with Gasteiger partial charge in [-0.15, -0.1) is 11.3 Å². The summed E-state index contributed by atoms with van der Waals surface area (Å²) >= 11 is 1.82. The lowest BCUT2D eigenvalue weighted by molar-refractivity contribution is -0.0958. The summed E-state index contributed by atoms with van der Waals surface area (Å²) in [6, 6.07) is 0. The Labute approximate surface area is 137 Å². The minimum Gasteiger partial charge on any atom is -0.375 e. The zero-order valence-electron chi connectivity index (χ0n) is 13.7. The summed E-state index contributed by atoms with van der Waals surface area (Å²) in [5.41, 5.74) is 0. The highest BCUT2D eigenvalue weighted by molar-refractivity contribution is 7.15. The van der Waals surface area contributed by atoms with Crippen molar-refractivity contribution in [3.63, 3.8) is 0 Å². The second-order valence-corrected chi connectivity index (χ2v) is 7.07. The topological polar surface area (TPSA) is 37.8 Å². The van der Waals surface area contributed by atoms with E-state index in [1.54, 1.807) is 0 Å². The molecule has 0 spiro atoms. The Bertz CT molecular complexity index is 458. The third-order valence-corrected chi connectivity index (χ3v) is 5.55. The monoisotopic (exact) mass is 325 g/mol. The minimum absolute atomic E-state index is 0.242. The van der Waals surface area contributed by atoms with Gasteiger partial charge >= 0.3 is 0 Å². The molecule has 5 nitrogen and oxygen atoms in total. The maximum absolute atomic E-state index is 5.92. The van der Waals surface area contributed by atoms with Crippen molar-refractivity contribution >= 4 is 16.5 Å². The summed E-state index contributed by atoms with van der Waals surface area (Å²) < 4.78 is 11.7. The Hall–Kier alpha value is -0.690. The quantitative estimate of drug-likeness (QED) is 0.803. The first-order chi connectivity index (χ1) is 10.8. The Balaban J connectivity index is 1.56. The number of morpholine rings is 1. The first-order valence-electron chi connectivity index (χ1n) is 8.45. The van der Waals surface area contributed by atoms with E-state index in [1.807, 2.05) is 17.5 Å². The predicted molar refractivity (Wildman–Crippen MR) is 89.7 cm³/mol. The molecule has 0 saturated carbocycles. The van der Waals surface area contributed by atoms with E-state index in [0.29, 0.717) is 6.10 Å². The molecule has 2 aliphatic heterocycles. The van der Waals surface area contributed by atoms with Gasteiger partial charge in [0.1, 0.15) is 0 Å². The first kappa shape index (κ1) is 16.2. The fourth-order valence-electron chi connectivity index (χ4n) is 3.23. The second-order valence-electron chi connectivity index (χ2n) is 5.98. The maximum atomic E-state index is 5.92. The van der Waals surface area contributed by atoms with Crippen molar-refractivity contribution in [2.45, 2.75) is 45.4 Å². The maximum Gasteiger partial charge on any atom is 0.185 e. The SMILES string of the molecule is CCN(CC)c1ncc(CN2CCOC(C3CCCO3)C2)s1. The molecule has 0 radical (unpaired) electrons. The standard InChI is InChI=1S/C16H27N3O2S/c1-3-19(4-2)16-17-10-13(22-16)11-18-7-9-21-15(12-18)14-6-5-8-20-14/h10,14-15H,3-9,11-12H2,1-2H3. The average Bonchev–Trinajstić information content (AvgIpc) is 3.21. The number of rotatable bonds is 6. The Kier molecular flexibility index (Phi) is 5.68. The van der Waals surface area contributed by atoms with E-state index >= 15 is 0 Å². The molecular weight excluding hydrogens is 298 g/mol. The summed E-state index contributed by atoms with van der Waals surface area (Å²) in [6.45, 7) is 11.1. The van der Waals surface area contributed by atoms with Gasteiger partial charge in [-0.25, -0.2) is 4.98 Å². The van der Waals surface area contributed by atoms with Crippen LogP contribution in [0.3, 0.4) is 0 Å². The molecule has 22 heavy (non-hydrogen) atoms. The van der Waals surface area contributed by atoms with Crippen molar-refractivity contribution in [3.8, 4) is 0 Å². The summed E-state index contributed by atoms with van der Waals surface area (Å²) in [5.74, 6) is 0. The number of ether oxygens (including phenoxy) is 2. The van der Waals surface area contributed by atoms with Crippen molar-refractivity contribution in [2.75, 3.05) is 44.3 Å². The van der Waals surface area contributed by atoms with Gasteiger partial charge in [-0.2, -0.15) is 0 Å².